The molecule has 0 aliphatic carbocycles. The van der Waals surface area contributed by atoms with Crippen molar-refractivity contribution in [1.29, 1.82) is 0 Å². The number of benzene rings is 1. The first-order chi connectivity index (χ1) is 12.2. The number of aromatic nitrogens is 1. The second kappa shape index (κ2) is 10.2. The van der Waals surface area contributed by atoms with Gasteiger partial charge in [0.25, 0.3) is 0 Å². The molecule has 0 atom stereocenters. The summed E-state index contributed by atoms with van der Waals surface area (Å²) in [5, 5.41) is 10.4. The number of ether oxygens (including phenoxy) is 2. The number of methoxy groups -OCH3 is 1. The molecule has 0 aliphatic rings. The summed E-state index contributed by atoms with van der Waals surface area (Å²) >= 11 is 0. The van der Waals surface area contributed by atoms with Crippen LogP contribution in [0.3, 0.4) is 0 Å². The monoisotopic (exact) mass is 346 g/mol. The molecule has 2 aromatic rings. The second-order valence-electron chi connectivity index (χ2n) is 5.28. The second-order valence-corrected chi connectivity index (χ2v) is 5.28. The van der Waals surface area contributed by atoms with E-state index in [9.17, 15) is 0 Å². The highest BCUT2D eigenvalue weighted by molar-refractivity contribution is 5.79. The van der Waals surface area contributed by atoms with Gasteiger partial charge in [-0.15, -0.1) is 0 Å². The van der Waals surface area contributed by atoms with Gasteiger partial charge in [-0.05, 0) is 37.6 Å². The predicted molar refractivity (Wildman–Crippen MR) is 97.2 cm³/mol. The lowest BCUT2D eigenvalue weighted by molar-refractivity contribution is 0.321. The molecular formula is C18H26N4O3. The average molecular weight is 346 g/mol. The third-order valence-corrected chi connectivity index (χ3v) is 3.43. The number of rotatable bonds is 9. The summed E-state index contributed by atoms with van der Waals surface area (Å²) in [4.78, 5) is 4.49. The van der Waals surface area contributed by atoms with E-state index in [1.54, 1.807) is 7.11 Å². The van der Waals surface area contributed by atoms with Gasteiger partial charge in [0.05, 0.1) is 19.3 Å². The summed E-state index contributed by atoms with van der Waals surface area (Å²) in [7, 11) is 1.64. The fourth-order valence-electron chi connectivity index (χ4n) is 2.11. The van der Waals surface area contributed by atoms with E-state index in [1.807, 2.05) is 44.2 Å². The molecule has 0 amide bonds. The molecule has 0 spiro atoms. The topological polar surface area (TPSA) is 80.9 Å². The van der Waals surface area contributed by atoms with E-state index in [4.69, 9.17) is 14.0 Å². The highest BCUT2D eigenvalue weighted by Gasteiger charge is 2.03. The number of hydrogen-bond donors (Lipinski definition) is 2. The maximum atomic E-state index is 5.69. The van der Waals surface area contributed by atoms with E-state index in [0.29, 0.717) is 19.7 Å². The van der Waals surface area contributed by atoms with Gasteiger partial charge in [-0.25, -0.2) is 4.99 Å². The Labute approximate surface area is 148 Å². The van der Waals surface area contributed by atoms with Crippen LogP contribution >= 0.6 is 0 Å². The van der Waals surface area contributed by atoms with Crippen molar-refractivity contribution in [3.63, 3.8) is 0 Å². The summed E-state index contributed by atoms with van der Waals surface area (Å²) in [6.45, 7) is 6.45. The van der Waals surface area contributed by atoms with Crippen LogP contribution in [0.15, 0.2) is 39.8 Å². The van der Waals surface area contributed by atoms with Gasteiger partial charge >= 0.3 is 0 Å². The number of nitrogens with zero attached hydrogens (tertiary/aromatic N) is 2. The van der Waals surface area contributed by atoms with E-state index < -0.39 is 0 Å². The van der Waals surface area contributed by atoms with Crippen LogP contribution in [0.1, 0.15) is 25.3 Å². The molecule has 25 heavy (non-hydrogen) atoms. The Morgan fingerprint density at radius 1 is 1.16 bits per heavy atom. The van der Waals surface area contributed by atoms with Gasteiger partial charge in [0.2, 0.25) is 0 Å². The smallest absolute Gasteiger partial charge is 0.191 e. The number of guanidine groups is 1. The van der Waals surface area contributed by atoms with Crippen LogP contribution in [0.2, 0.25) is 0 Å². The van der Waals surface area contributed by atoms with Crippen LogP contribution in [0.25, 0.3) is 0 Å². The molecule has 136 valence electrons. The molecule has 0 bridgehead atoms. The van der Waals surface area contributed by atoms with Crippen molar-refractivity contribution in [3.8, 4) is 11.5 Å². The Morgan fingerprint density at radius 3 is 2.56 bits per heavy atom. The molecule has 0 fully saturated rings. The fraction of sp³-hybridized carbons (Fsp3) is 0.444. The summed E-state index contributed by atoms with van der Waals surface area (Å²) in [5.41, 5.74) is 0.941. The Morgan fingerprint density at radius 2 is 1.92 bits per heavy atom. The van der Waals surface area contributed by atoms with Gasteiger partial charge in [0.1, 0.15) is 24.7 Å². The first-order valence-corrected chi connectivity index (χ1v) is 8.48. The van der Waals surface area contributed by atoms with E-state index in [-0.39, 0.29) is 0 Å². The summed E-state index contributed by atoms with van der Waals surface area (Å²) in [5.74, 6) is 3.09. The zero-order chi connectivity index (χ0) is 17.9. The van der Waals surface area contributed by atoms with Gasteiger partial charge in [-0.2, -0.15) is 0 Å². The van der Waals surface area contributed by atoms with Crippen LogP contribution in [0.5, 0.6) is 11.5 Å². The number of hydrogen-bond acceptors (Lipinski definition) is 5. The van der Waals surface area contributed by atoms with Crippen LogP contribution in [-0.2, 0) is 13.0 Å². The fourth-order valence-corrected chi connectivity index (χ4v) is 2.11. The van der Waals surface area contributed by atoms with Gasteiger partial charge in [-0.1, -0.05) is 12.1 Å². The maximum absolute atomic E-state index is 5.69. The van der Waals surface area contributed by atoms with Crippen LogP contribution in [0, 0.1) is 0 Å². The normalized spacial score (nSPS) is 11.2. The van der Waals surface area contributed by atoms with E-state index in [1.165, 1.54) is 0 Å². The number of aliphatic imine (C=N–C) groups is 1. The standard InChI is InChI=1S/C18H26N4O3/c1-4-14-12-17(25-22-14)13-21-18(19-5-2)20-10-11-24-16-8-6-15(23-3)7-9-16/h6-9,12H,4-5,10-11,13H2,1-3H3,(H2,19,20,21). The molecule has 0 unspecified atom stereocenters. The van der Waals surface area contributed by atoms with Crippen molar-refractivity contribution in [2.24, 2.45) is 4.99 Å². The highest BCUT2D eigenvalue weighted by Crippen LogP contribution is 2.16. The zero-order valence-corrected chi connectivity index (χ0v) is 15.0. The van der Waals surface area contributed by atoms with Crippen molar-refractivity contribution in [3.05, 3.63) is 41.8 Å². The lowest BCUT2D eigenvalue weighted by Gasteiger charge is -2.12. The first-order valence-electron chi connectivity index (χ1n) is 8.48. The lowest BCUT2D eigenvalue weighted by Crippen LogP contribution is -2.39. The van der Waals surface area contributed by atoms with Crippen LogP contribution < -0.4 is 20.1 Å². The van der Waals surface area contributed by atoms with Crippen LogP contribution in [-0.4, -0.2) is 37.9 Å². The number of aryl methyl sites for hydroxylation is 1. The minimum Gasteiger partial charge on any atom is -0.497 e. The Kier molecular flexibility index (Phi) is 7.62. The third kappa shape index (κ3) is 6.37. The quantitative estimate of drug-likeness (QED) is 0.412. The summed E-state index contributed by atoms with van der Waals surface area (Å²) in [6, 6.07) is 9.44. The number of nitrogens with one attached hydrogen (secondary N) is 2. The van der Waals surface area contributed by atoms with Crippen LogP contribution in [0.4, 0.5) is 0 Å². The largest absolute Gasteiger partial charge is 0.497 e. The van der Waals surface area contributed by atoms with Gasteiger partial charge < -0.3 is 24.6 Å². The molecule has 0 radical (unpaired) electrons. The Balaban J connectivity index is 1.76. The Bertz CT molecular complexity index is 653. The molecule has 7 nitrogen and oxygen atoms in total. The van der Waals surface area contributed by atoms with Crippen molar-refractivity contribution in [2.75, 3.05) is 26.8 Å². The molecule has 2 rings (SSSR count). The SMILES string of the molecule is CCNC(=NCc1cc(CC)no1)NCCOc1ccc(OC)cc1. The Hall–Kier alpha value is -2.70. The molecule has 1 heterocycles. The average Bonchev–Trinajstić information content (AvgIpc) is 3.11. The minimum absolute atomic E-state index is 0.446. The molecule has 2 N–H and O–H groups in total. The van der Waals surface area contributed by atoms with Crippen molar-refractivity contribution in [1.82, 2.24) is 15.8 Å². The van der Waals surface area contributed by atoms with Gasteiger partial charge in [0, 0.05) is 12.6 Å². The van der Waals surface area contributed by atoms with Gasteiger partial charge in [-0.3, -0.25) is 0 Å². The summed E-state index contributed by atoms with van der Waals surface area (Å²) < 4.78 is 16.0. The first kappa shape index (κ1) is 18.6. The van der Waals surface area contributed by atoms with Gasteiger partial charge in [0.15, 0.2) is 11.7 Å². The van der Waals surface area contributed by atoms with E-state index in [0.717, 1.165) is 41.9 Å². The van der Waals surface area contributed by atoms with E-state index in [2.05, 4.69) is 20.8 Å². The molecular weight excluding hydrogens is 320 g/mol. The molecule has 0 saturated carbocycles. The lowest BCUT2D eigenvalue weighted by atomic mass is 10.3. The molecule has 7 heteroatoms. The zero-order valence-electron chi connectivity index (χ0n) is 15.0. The van der Waals surface area contributed by atoms with E-state index >= 15 is 0 Å². The van der Waals surface area contributed by atoms with Crippen molar-refractivity contribution < 1.29 is 14.0 Å². The highest BCUT2D eigenvalue weighted by atomic mass is 16.5. The molecule has 0 saturated heterocycles. The predicted octanol–water partition coefficient (Wildman–Crippen LogP) is 2.38. The van der Waals surface area contributed by atoms with Crippen molar-refractivity contribution in [2.45, 2.75) is 26.8 Å². The molecule has 0 aliphatic heterocycles. The molecule has 1 aromatic heterocycles. The maximum Gasteiger partial charge on any atom is 0.191 e. The summed E-state index contributed by atoms with van der Waals surface area (Å²) in [6.07, 6.45) is 0.855. The molecule has 1 aromatic carbocycles. The van der Waals surface area contributed by atoms with Crippen molar-refractivity contribution >= 4 is 5.96 Å². The minimum atomic E-state index is 0.446. The third-order valence-electron chi connectivity index (χ3n) is 3.43.